The van der Waals surface area contributed by atoms with Crippen molar-refractivity contribution in [3.8, 4) is 0 Å². The van der Waals surface area contributed by atoms with Gasteiger partial charge in [-0.05, 0) is 30.3 Å². The van der Waals surface area contributed by atoms with Crippen LogP contribution in [0.2, 0.25) is 10.0 Å². The van der Waals surface area contributed by atoms with E-state index in [1.165, 1.54) is 36.6 Å². The molecule has 4 nitrogen and oxygen atoms in total. The van der Waals surface area contributed by atoms with Crippen LogP contribution in [0, 0.1) is 0 Å². The lowest BCUT2D eigenvalue weighted by molar-refractivity contribution is 0.0990. The van der Waals surface area contributed by atoms with Crippen molar-refractivity contribution in [1.82, 2.24) is 0 Å². The summed E-state index contributed by atoms with van der Waals surface area (Å²) in [4.78, 5) is 11.6. The van der Waals surface area contributed by atoms with Crippen molar-refractivity contribution >= 4 is 38.8 Å². The Labute approximate surface area is 119 Å². The molecule has 0 bridgehead atoms. The number of furan rings is 1. The number of halogens is 2. The van der Waals surface area contributed by atoms with E-state index in [1.807, 2.05) is 0 Å². The third-order valence-electron chi connectivity index (χ3n) is 2.31. The molecule has 0 unspecified atom stereocenters. The van der Waals surface area contributed by atoms with E-state index in [0.717, 1.165) is 0 Å². The minimum atomic E-state index is -3.81. The van der Waals surface area contributed by atoms with E-state index >= 15 is 0 Å². The van der Waals surface area contributed by atoms with E-state index in [0.29, 0.717) is 0 Å². The molecule has 0 N–H and O–H groups in total. The van der Waals surface area contributed by atoms with Gasteiger partial charge in [0, 0.05) is 10.0 Å². The Morgan fingerprint density at radius 2 is 1.79 bits per heavy atom. The lowest BCUT2D eigenvalue weighted by Gasteiger charge is -2.04. The number of ketones is 1. The van der Waals surface area contributed by atoms with Crippen LogP contribution in [-0.4, -0.2) is 20.0 Å². The highest BCUT2D eigenvalue weighted by molar-refractivity contribution is 7.92. The highest BCUT2D eigenvalue weighted by Gasteiger charge is 2.22. The third-order valence-corrected chi connectivity index (χ3v) is 4.34. The number of carbonyl (C=O) groups is 1. The molecule has 0 aliphatic rings. The van der Waals surface area contributed by atoms with Crippen molar-refractivity contribution in [2.45, 2.75) is 4.90 Å². The van der Waals surface area contributed by atoms with Crippen LogP contribution in [0.4, 0.5) is 0 Å². The first kappa shape index (κ1) is 14.1. The van der Waals surface area contributed by atoms with Crippen molar-refractivity contribution < 1.29 is 17.6 Å². The molecule has 0 saturated heterocycles. The van der Waals surface area contributed by atoms with Crippen molar-refractivity contribution in [3.05, 3.63) is 52.4 Å². The predicted octanol–water partition coefficient (Wildman–Crippen LogP) is 3.24. The van der Waals surface area contributed by atoms with Crippen LogP contribution in [0.1, 0.15) is 10.6 Å². The fraction of sp³-hybridized carbons (Fsp3) is 0.0833. The zero-order chi connectivity index (χ0) is 14.0. The molecule has 0 atom stereocenters. The third kappa shape index (κ3) is 3.37. The molecule has 0 saturated carbocycles. The zero-order valence-corrected chi connectivity index (χ0v) is 11.8. The summed E-state index contributed by atoms with van der Waals surface area (Å²) in [5, 5.41) is 0.382. The molecular formula is C12H8Cl2O4S. The van der Waals surface area contributed by atoms with Gasteiger partial charge >= 0.3 is 0 Å². The second-order valence-corrected chi connectivity index (χ2v) is 6.63. The lowest BCUT2D eigenvalue weighted by Crippen LogP contribution is -2.16. The van der Waals surface area contributed by atoms with Gasteiger partial charge in [0.2, 0.25) is 5.78 Å². The van der Waals surface area contributed by atoms with Crippen LogP contribution < -0.4 is 0 Å². The minimum Gasteiger partial charge on any atom is -0.461 e. The summed E-state index contributed by atoms with van der Waals surface area (Å²) >= 11 is 11.5. The van der Waals surface area contributed by atoms with Crippen molar-refractivity contribution in [2.24, 2.45) is 0 Å². The van der Waals surface area contributed by atoms with Crippen LogP contribution >= 0.6 is 23.2 Å². The standard InChI is InChI=1S/C12H8Cl2O4S/c13-8-4-9(14)6-10(5-8)19(16,17)7-11(15)12-2-1-3-18-12/h1-6H,7H2. The molecule has 0 radical (unpaired) electrons. The number of hydrogen-bond acceptors (Lipinski definition) is 4. The second kappa shape index (κ2) is 5.36. The molecule has 100 valence electrons. The Kier molecular flexibility index (Phi) is 3.99. The highest BCUT2D eigenvalue weighted by Crippen LogP contribution is 2.23. The van der Waals surface area contributed by atoms with E-state index in [2.05, 4.69) is 0 Å². The van der Waals surface area contributed by atoms with Gasteiger partial charge in [0.05, 0.1) is 11.2 Å². The van der Waals surface area contributed by atoms with Gasteiger partial charge in [0.1, 0.15) is 5.75 Å². The molecule has 2 aromatic rings. The largest absolute Gasteiger partial charge is 0.461 e. The highest BCUT2D eigenvalue weighted by atomic mass is 35.5. The second-order valence-electron chi connectivity index (χ2n) is 3.76. The molecule has 0 aliphatic carbocycles. The van der Waals surface area contributed by atoms with Gasteiger partial charge in [-0.3, -0.25) is 4.79 Å². The van der Waals surface area contributed by atoms with Crippen molar-refractivity contribution in [1.29, 1.82) is 0 Å². The quantitative estimate of drug-likeness (QED) is 0.812. The van der Waals surface area contributed by atoms with Gasteiger partial charge in [-0.2, -0.15) is 0 Å². The number of sulfone groups is 1. The van der Waals surface area contributed by atoms with Gasteiger partial charge in [-0.25, -0.2) is 8.42 Å². The molecule has 1 aromatic carbocycles. The summed E-state index contributed by atoms with van der Waals surface area (Å²) in [6.45, 7) is 0. The smallest absolute Gasteiger partial charge is 0.213 e. The van der Waals surface area contributed by atoms with Crippen LogP contribution in [-0.2, 0) is 9.84 Å². The monoisotopic (exact) mass is 318 g/mol. The molecular weight excluding hydrogens is 311 g/mol. The number of benzene rings is 1. The van der Waals surface area contributed by atoms with Gasteiger partial charge in [-0.1, -0.05) is 23.2 Å². The zero-order valence-electron chi connectivity index (χ0n) is 9.47. The van der Waals surface area contributed by atoms with E-state index in [-0.39, 0.29) is 20.7 Å². The fourth-order valence-electron chi connectivity index (χ4n) is 1.47. The van der Waals surface area contributed by atoms with Gasteiger partial charge in [0.15, 0.2) is 15.6 Å². The summed E-state index contributed by atoms with van der Waals surface area (Å²) < 4.78 is 29.0. The van der Waals surface area contributed by atoms with Crippen molar-refractivity contribution in [2.75, 3.05) is 5.75 Å². The number of Topliss-reactive ketones (excluding diaryl/α,β-unsaturated/α-hetero) is 1. The maximum atomic E-state index is 12.1. The summed E-state index contributed by atoms with van der Waals surface area (Å²) in [5.74, 6) is -1.32. The SMILES string of the molecule is O=C(CS(=O)(=O)c1cc(Cl)cc(Cl)c1)c1ccco1. The van der Waals surface area contributed by atoms with Gasteiger partial charge < -0.3 is 4.42 Å². The number of carbonyl (C=O) groups excluding carboxylic acids is 1. The molecule has 0 spiro atoms. The average molecular weight is 319 g/mol. The fourth-order valence-corrected chi connectivity index (χ4v) is 3.39. The van der Waals surface area contributed by atoms with Crippen molar-refractivity contribution in [3.63, 3.8) is 0 Å². The minimum absolute atomic E-state index is 0.00306. The summed E-state index contributed by atoms with van der Waals surface area (Å²) in [5.41, 5.74) is 0. The first-order valence-electron chi connectivity index (χ1n) is 5.14. The maximum absolute atomic E-state index is 12.1. The Morgan fingerprint density at radius 1 is 1.16 bits per heavy atom. The Hall–Kier alpha value is -1.30. The molecule has 19 heavy (non-hydrogen) atoms. The first-order chi connectivity index (χ1) is 8.88. The first-order valence-corrected chi connectivity index (χ1v) is 7.55. The van der Waals surface area contributed by atoms with Crippen LogP contribution in [0.15, 0.2) is 45.9 Å². The summed E-state index contributed by atoms with van der Waals surface area (Å²) in [6.07, 6.45) is 1.30. The molecule has 0 aliphatic heterocycles. The van der Waals surface area contributed by atoms with E-state index < -0.39 is 21.4 Å². The van der Waals surface area contributed by atoms with Crippen LogP contribution in [0.5, 0.6) is 0 Å². The summed E-state index contributed by atoms with van der Waals surface area (Å²) in [6, 6.07) is 6.83. The Balaban J connectivity index is 2.30. The van der Waals surface area contributed by atoms with Crippen LogP contribution in [0.25, 0.3) is 0 Å². The Morgan fingerprint density at radius 3 is 2.32 bits per heavy atom. The number of hydrogen-bond donors (Lipinski definition) is 0. The number of rotatable bonds is 4. The van der Waals surface area contributed by atoms with Gasteiger partial charge in [0.25, 0.3) is 0 Å². The molecule has 2 rings (SSSR count). The molecule has 1 heterocycles. The normalized spacial score (nSPS) is 11.5. The molecule has 0 fully saturated rings. The maximum Gasteiger partial charge on any atom is 0.213 e. The summed E-state index contributed by atoms with van der Waals surface area (Å²) in [7, 11) is -3.81. The average Bonchev–Trinajstić information content (AvgIpc) is 2.80. The Bertz CT molecular complexity index is 685. The molecule has 7 heteroatoms. The molecule has 0 amide bonds. The van der Waals surface area contributed by atoms with E-state index in [1.54, 1.807) is 0 Å². The lowest BCUT2D eigenvalue weighted by atomic mass is 10.3. The van der Waals surface area contributed by atoms with E-state index in [4.69, 9.17) is 27.6 Å². The topological polar surface area (TPSA) is 64.3 Å². The van der Waals surface area contributed by atoms with Crippen LogP contribution in [0.3, 0.4) is 0 Å². The van der Waals surface area contributed by atoms with Gasteiger partial charge in [-0.15, -0.1) is 0 Å². The van der Waals surface area contributed by atoms with E-state index in [9.17, 15) is 13.2 Å². The molecule has 1 aromatic heterocycles. The predicted molar refractivity (Wildman–Crippen MR) is 71.6 cm³/mol.